The van der Waals surface area contributed by atoms with Crippen LogP contribution in [-0.2, 0) is 11.2 Å². The Labute approximate surface area is 123 Å². The zero-order valence-electron chi connectivity index (χ0n) is 11.9. The molecule has 1 fully saturated rings. The zero-order chi connectivity index (χ0) is 15.2. The quantitative estimate of drug-likeness (QED) is 0.854. The van der Waals surface area contributed by atoms with E-state index in [0.717, 1.165) is 32.0 Å². The highest BCUT2D eigenvalue weighted by atomic mass is 19.1. The number of amides is 1. The van der Waals surface area contributed by atoms with E-state index in [-0.39, 0.29) is 11.9 Å². The van der Waals surface area contributed by atoms with Gasteiger partial charge in [0.15, 0.2) is 0 Å². The molecule has 0 bridgehead atoms. The number of halogens is 2. The highest BCUT2D eigenvalue weighted by molar-refractivity contribution is 5.78. The summed E-state index contributed by atoms with van der Waals surface area (Å²) in [7, 11) is 0. The SMILES string of the molecule is NC1CCN(CC(=O)NCCc2cc(F)cc(F)c2)CC1. The Bertz CT molecular complexity index is 468. The minimum absolute atomic E-state index is 0.0673. The number of hydrogen-bond donors (Lipinski definition) is 2. The van der Waals surface area contributed by atoms with Gasteiger partial charge in [0, 0.05) is 31.7 Å². The topological polar surface area (TPSA) is 58.4 Å². The molecule has 0 aromatic heterocycles. The number of nitrogens with zero attached hydrogens (tertiary/aromatic N) is 1. The second-order valence-electron chi connectivity index (χ2n) is 5.49. The number of rotatable bonds is 5. The van der Waals surface area contributed by atoms with Gasteiger partial charge in [0.2, 0.25) is 5.91 Å². The smallest absolute Gasteiger partial charge is 0.234 e. The lowest BCUT2D eigenvalue weighted by molar-refractivity contribution is -0.122. The van der Waals surface area contributed by atoms with Crippen LogP contribution in [0.2, 0.25) is 0 Å². The van der Waals surface area contributed by atoms with Crippen LogP contribution in [0.5, 0.6) is 0 Å². The summed E-state index contributed by atoms with van der Waals surface area (Å²) in [4.78, 5) is 13.9. The van der Waals surface area contributed by atoms with Gasteiger partial charge in [-0.05, 0) is 37.0 Å². The van der Waals surface area contributed by atoms with Crippen molar-refractivity contribution in [1.29, 1.82) is 0 Å². The number of hydrogen-bond acceptors (Lipinski definition) is 3. The third-order valence-electron chi connectivity index (χ3n) is 3.66. The molecule has 1 saturated heterocycles. The highest BCUT2D eigenvalue weighted by Gasteiger charge is 2.17. The van der Waals surface area contributed by atoms with Gasteiger partial charge in [-0.3, -0.25) is 9.69 Å². The van der Waals surface area contributed by atoms with Crippen molar-refractivity contribution in [2.24, 2.45) is 5.73 Å². The van der Waals surface area contributed by atoms with E-state index in [1.165, 1.54) is 12.1 Å². The maximum absolute atomic E-state index is 13.0. The molecule has 0 unspecified atom stereocenters. The van der Waals surface area contributed by atoms with Gasteiger partial charge in [-0.25, -0.2) is 8.78 Å². The van der Waals surface area contributed by atoms with E-state index in [0.29, 0.717) is 25.1 Å². The van der Waals surface area contributed by atoms with E-state index < -0.39 is 11.6 Å². The first kappa shape index (κ1) is 15.9. The fourth-order valence-electron chi connectivity index (χ4n) is 2.47. The summed E-state index contributed by atoms with van der Waals surface area (Å²) in [6, 6.07) is 3.64. The van der Waals surface area contributed by atoms with Gasteiger partial charge in [0.25, 0.3) is 0 Å². The van der Waals surface area contributed by atoms with Gasteiger partial charge in [0.05, 0.1) is 6.54 Å². The molecule has 0 aliphatic carbocycles. The number of likely N-dealkylation sites (tertiary alicyclic amines) is 1. The number of nitrogens with one attached hydrogen (secondary N) is 1. The predicted octanol–water partition coefficient (Wildman–Crippen LogP) is 1.05. The Kier molecular flexibility index (Phi) is 5.64. The van der Waals surface area contributed by atoms with Crippen LogP contribution < -0.4 is 11.1 Å². The van der Waals surface area contributed by atoms with Crippen molar-refractivity contribution in [3.05, 3.63) is 35.4 Å². The lowest BCUT2D eigenvalue weighted by Crippen LogP contribution is -2.44. The van der Waals surface area contributed by atoms with Crippen molar-refractivity contribution in [1.82, 2.24) is 10.2 Å². The molecule has 21 heavy (non-hydrogen) atoms. The number of benzene rings is 1. The Balaban J connectivity index is 1.69. The number of carbonyl (C=O) groups is 1. The van der Waals surface area contributed by atoms with Gasteiger partial charge in [0.1, 0.15) is 11.6 Å². The minimum Gasteiger partial charge on any atom is -0.355 e. The molecule has 0 saturated carbocycles. The van der Waals surface area contributed by atoms with Crippen molar-refractivity contribution in [2.45, 2.75) is 25.3 Å². The Morgan fingerprint density at radius 3 is 2.48 bits per heavy atom. The van der Waals surface area contributed by atoms with Crippen molar-refractivity contribution in [3.8, 4) is 0 Å². The van der Waals surface area contributed by atoms with E-state index in [9.17, 15) is 13.6 Å². The third-order valence-corrected chi connectivity index (χ3v) is 3.66. The minimum atomic E-state index is -0.596. The first-order chi connectivity index (χ1) is 10.0. The van der Waals surface area contributed by atoms with Crippen LogP contribution in [0.25, 0.3) is 0 Å². The van der Waals surface area contributed by atoms with Gasteiger partial charge >= 0.3 is 0 Å². The molecule has 0 spiro atoms. The molecule has 1 amide bonds. The van der Waals surface area contributed by atoms with E-state index in [1.54, 1.807) is 0 Å². The van der Waals surface area contributed by atoms with Crippen LogP contribution >= 0.6 is 0 Å². The first-order valence-electron chi connectivity index (χ1n) is 7.22. The first-order valence-corrected chi connectivity index (χ1v) is 7.22. The number of nitrogens with two attached hydrogens (primary N) is 1. The summed E-state index contributed by atoms with van der Waals surface area (Å²) in [6.45, 7) is 2.40. The number of piperidine rings is 1. The maximum atomic E-state index is 13.0. The summed E-state index contributed by atoms with van der Waals surface area (Å²) < 4.78 is 26.0. The molecule has 1 aliphatic heterocycles. The molecule has 1 aromatic carbocycles. The fraction of sp³-hybridized carbons (Fsp3) is 0.533. The Morgan fingerprint density at radius 1 is 1.24 bits per heavy atom. The second-order valence-corrected chi connectivity index (χ2v) is 5.49. The van der Waals surface area contributed by atoms with Crippen molar-refractivity contribution < 1.29 is 13.6 Å². The highest BCUT2D eigenvalue weighted by Crippen LogP contribution is 2.09. The molecule has 0 atom stereocenters. The lowest BCUT2D eigenvalue weighted by Gasteiger charge is -2.29. The molecule has 6 heteroatoms. The van der Waals surface area contributed by atoms with E-state index in [1.807, 2.05) is 0 Å². The summed E-state index contributed by atoms with van der Waals surface area (Å²) in [5.74, 6) is -1.26. The summed E-state index contributed by atoms with van der Waals surface area (Å²) in [6.07, 6.45) is 2.23. The predicted molar refractivity (Wildman–Crippen MR) is 76.7 cm³/mol. The molecule has 1 aliphatic rings. The largest absolute Gasteiger partial charge is 0.355 e. The molecular weight excluding hydrogens is 276 g/mol. The molecular formula is C15H21F2N3O. The van der Waals surface area contributed by atoms with Crippen LogP contribution in [0.4, 0.5) is 8.78 Å². The fourth-order valence-corrected chi connectivity index (χ4v) is 2.47. The van der Waals surface area contributed by atoms with Crippen LogP contribution in [0, 0.1) is 11.6 Å². The van der Waals surface area contributed by atoms with Crippen LogP contribution in [-0.4, -0.2) is 43.0 Å². The van der Waals surface area contributed by atoms with Gasteiger partial charge in [-0.15, -0.1) is 0 Å². The molecule has 0 radical (unpaired) electrons. The van der Waals surface area contributed by atoms with Crippen molar-refractivity contribution >= 4 is 5.91 Å². The zero-order valence-corrected chi connectivity index (χ0v) is 11.9. The van der Waals surface area contributed by atoms with Crippen LogP contribution in [0.3, 0.4) is 0 Å². The monoisotopic (exact) mass is 297 g/mol. The normalized spacial score (nSPS) is 16.9. The Hall–Kier alpha value is -1.53. The summed E-state index contributed by atoms with van der Waals surface area (Å²) in [5.41, 5.74) is 6.35. The molecule has 1 aromatic rings. The summed E-state index contributed by atoms with van der Waals surface area (Å²) in [5, 5.41) is 2.77. The van der Waals surface area contributed by atoms with E-state index in [4.69, 9.17) is 5.73 Å². The second kappa shape index (κ2) is 7.47. The average Bonchev–Trinajstić information content (AvgIpc) is 2.40. The van der Waals surface area contributed by atoms with Crippen LogP contribution in [0.1, 0.15) is 18.4 Å². The standard InChI is InChI=1S/C15H21F2N3O/c16-12-7-11(8-13(17)9-12)1-4-19-15(21)10-20-5-2-14(18)3-6-20/h7-9,14H,1-6,10,18H2,(H,19,21). The van der Waals surface area contributed by atoms with Gasteiger partial charge < -0.3 is 11.1 Å². The number of carbonyl (C=O) groups excluding carboxylic acids is 1. The average molecular weight is 297 g/mol. The molecule has 2 rings (SSSR count). The van der Waals surface area contributed by atoms with Crippen molar-refractivity contribution in [3.63, 3.8) is 0 Å². The van der Waals surface area contributed by atoms with Gasteiger partial charge in [-0.1, -0.05) is 0 Å². The van der Waals surface area contributed by atoms with Crippen molar-refractivity contribution in [2.75, 3.05) is 26.2 Å². The molecule has 1 heterocycles. The third kappa shape index (κ3) is 5.40. The van der Waals surface area contributed by atoms with E-state index >= 15 is 0 Å². The molecule has 3 N–H and O–H groups in total. The van der Waals surface area contributed by atoms with Crippen LogP contribution in [0.15, 0.2) is 18.2 Å². The summed E-state index contributed by atoms with van der Waals surface area (Å²) >= 11 is 0. The lowest BCUT2D eigenvalue weighted by atomic mass is 10.1. The maximum Gasteiger partial charge on any atom is 0.234 e. The Morgan fingerprint density at radius 2 is 1.86 bits per heavy atom. The van der Waals surface area contributed by atoms with E-state index in [2.05, 4.69) is 10.2 Å². The molecule has 4 nitrogen and oxygen atoms in total. The van der Waals surface area contributed by atoms with Gasteiger partial charge in [-0.2, -0.15) is 0 Å². The molecule has 116 valence electrons.